The number of sulfonamides is 1. The largest absolute Gasteiger partial charge is 0.368 e. The Kier molecular flexibility index (Phi) is 4.46. The van der Waals surface area contributed by atoms with Crippen molar-refractivity contribution >= 4 is 21.6 Å². The fourth-order valence-corrected chi connectivity index (χ4v) is 4.38. The van der Waals surface area contributed by atoms with Crippen LogP contribution in [0.5, 0.6) is 0 Å². The summed E-state index contributed by atoms with van der Waals surface area (Å²) in [5.74, 6) is -0.215. The molecule has 0 radical (unpaired) electrons. The Morgan fingerprint density at radius 3 is 2.68 bits per heavy atom. The van der Waals surface area contributed by atoms with Crippen LogP contribution in [-0.4, -0.2) is 44.4 Å². The number of ether oxygens (including phenoxy) is 1. The molecule has 0 aliphatic carbocycles. The van der Waals surface area contributed by atoms with Gasteiger partial charge in [0, 0.05) is 25.4 Å². The number of rotatable bonds is 4. The Labute approximate surface area is 130 Å². The molecular weight excluding hydrogens is 304 g/mol. The van der Waals surface area contributed by atoms with Crippen molar-refractivity contribution in [3.63, 3.8) is 0 Å². The summed E-state index contributed by atoms with van der Waals surface area (Å²) in [6.45, 7) is 1.73. The highest BCUT2D eigenvalue weighted by molar-refractivity contribution is 7.89. The van der Waals surface area contributed by atoms with Crippen molar-refractivity contribution in [2.24, 2.45) is 0 Å². The molecule has 6 nitrogen and oxygen atoms in total. The first kappa shape index (κ1) is 15.5. The van der Waals surface area contributed by atoms with Gasteiger partial charge >= 0.3 is 0 Å². The van der Waals surface area contributed by atoms with Gasteiger partial charge in [0.1, 0.15) is 6.10 Å². The second-order valence-electron chi connectivity index (χ2n) is 5.63. The van der Waals surface area contributed by atoms with Crippen LogP contribution in [0.3, 0.4) is 0 Å². The maximum atomic E-state index is 12.5. The van der Waals surface area contributed by atoms with E-state index in [2.05, 4.69) is 5.32 Å². The third-order valence-corrected chi connectivity index (χ3v) is 5.92. The van der Waals surface area contributed by atoms with Crippen molar-refractivity contribution in [2.45, 2.75) is 36.7 Å². The molecule has 3 rings (SSSR count). The molecule has 2 saturated heterocycles. The van der Waals surface area contributed by atoms with Crippen molar-refractivity contribution in [1.82, 2.24) is 4.31 Å². The number of benzene rings is 1. The molecule has 120 valence electrons. The highest BCUT2D eigenvalue weighted by Gasteiger charge is 2.28. The molecule has 1 aromatic rings. The van der Waals surface area contributed by atoms with E-state index in [9.17, 15) is 13.2 Å². The maximum Gasteiger partial charge on any atom is 0.253 e. The molecule has 1 N–H and O–H groups in total. The van der Waals surface area contributed by atoms with E-state index >= 15 is 0 Å². The van der Waals surface area contributed by atoms with Gasteiger partial charge in [-0.25, -0.2) is 8.42 Å². The van der Waals surface area contributed by atoms with Crippen molar-refractivity contribution < 1.29 is 17.9 Å². The third-order valence-electron chi connectivity index (χ3n) is 4.03. The van der Waals surface area contributed by atoms with Gasteiger partial charge in [-0.05, 0) is 43.9 Å². The normalized spacial score (nSPS) is 22.8. The molecule has 0 saturated carbocycles. The molecule has 2 aliphatic rings. The molecule has 1 aromatic carbocycles. The molecule has 22 heavy (non-hydrogen) atoms. The van der Waals surface area contributed by atoms with Gasteiger partial charge in [-0.15, -0.1) is 0 Å². The van der Waals surface area contributed by atoms with Gasteiger partial charge in [-0.1, -0.05) is 6.07 Å². The number of nitrogens with zero attached hydrogens (tertiary/aromatic N) is 1. The molecule has 0 spiro atoms. The fraction of sp³-hybridized carbons (Fsp3) is 0.533. The molecular formula is C15H20N2O4S. The Morgan fingerprint density at radius 1 is 1.23 bits per heavy atom. The lowest BCUT2D eigenvalue weighted by Gasteiger charge is -2.16. The molecule has 2 aliphatic heterocycles. The zero-order valence-electron chi connectivity index (χ0n) is 12.3. The Morgan fingerprint density at radius 2 is 2.00 bits per heavy atom. The second kappa shape index (κ2) is 6.36. The highest BCUT2D eigenvalue weighted by Crippen LogP contribution is 2.23. The molecule has 2 fully saturated rings. The van der Waals surface area contributed by atoms with Crippen molar-refractivity contribution in [1.29, 1.82) is 0 Å². The highest BCUT2D eigenvalue weighted by atomic mass is 32.2. The molecule has 7 heteroatoms. The number of anilines is 1. The summed E-state index contributed by atoms with van der Waals surface area (Å²) >= 11 is 0. The van der Waals surface area contributed by atoms with E-state index < -0.39 is 16.1 Å². The van der Waals surface area contributed by atoms with Gasteiger partial charge in [0.25, 0.3) is 5.91 Å². The molecule has 1 atom stereocenters. The number of hydrogen-bond acceptors (Lipinski definition) is 4. The molecule has 0 aromatic heterocycles. The lowest BCUT2D eigenvalue weighted by atomic mass is 10.2. The van der Waals surface area contributed by atoms with Gasteiger partial charge in [0.15, 0.2) is 0 Å². The zero-order valence-corrected chi connectivity index (χ0v) is 13.1. The van der Waals surface area contributed by atoms with Crippen molar-refractivity contribution in [2.75, 3.05) is 25.0 Å². The predicted octanol–water partition coefficient (Wildman–Crippen LogP) is 1.59. The summed E-state index contributed by atoms with van der Waals surface area (Å²) in [5.41, 5.74) is 0.487. The minimum Gasteiger partial charge on any atom is -0.368 e. The van der Waals surface area contributed by atoms with E-state index in [0.29, 0.717) is 31.8 Å². The fourth-order valence-electron chi connectivity index (χ4n) is 2.82. The van der Waals surface area contributed by atoms with Crippen molar-refractivity contribution in [3.8, 4) is 0 Å². The number of amides is 1. The smallest absolute Gasteiger partial charge is 0.253 e. The molecule has 0 bridgehead atoms. The summed E-state index contributed by atoms with van der Waals surface area (Å²) in [5, 5.41) is 2.74. The average molecular weight is 324 g/mol. The van der Waals surface area contributed by atoms with Crippen LogP contribution >= 0.6 is 0 Å². The topological polar surface area (TPSA) is 75.7 Å². The molecule has 2 heterocycles. The van der Waals surface area contributed by atoms with Gasteiger partial charge in [-0.2, -0.15) is 4.31 Å². The molecule has 1 unspecified atom stereocenters. The molecule has 1 amide bonds. The van der Waals surface area contributed by atoms with Crippen LogP contribution in [0.25, 0.3) is 0 Å². The zero-order chi connectivity index (χ0) is 15.6. The van der Waals surface area contributed by atoms with Gasteiger partial charge < -0.3 is 10.1 Å². The van der Waals surface area contributed by atoms with Crippen LogP contribution in [0.15, 0.2) is 29.2 Å². The SMILES string of the molecule is O=C(Nc1cccc(S(=O)(=O)N2CCCC2)c1)C1CCCO1. The van der Waals surface area contributed by atoms with E-state index in [1.165, 1.54) is 10.4 Å². The van der Waals surface area contributed by atoms with Crippen LogP contribution in [0.2, 0.25) is 0 Å². The monoisotopic (exact) mass is 324 g/mol. The predicted molar refractivity (Wildman–Crippen MR) is 82.0 cm³/mol. The minimum atomic E-state index is -3.47. The summed E-state index contributed by atoms with van der Waals surface area (Å²) < 4.78 is 31.9. The first-order valence-corrected chi connectivity index (χ1v) is 9.04. The summed E-state index contributed by atoms with van der Waals surface area (Å²) in [4.78, 5) is 12.3. The summed E-state index contributed by atoms with van der Waals surface area (Å²) in [6, 6.07) is 6.42. The van der Waals surface area contributed by atoms with Crippen molar-refractivity contribution in [3.05, 3.63) is 24.3 Å². The van der Waals surface area contributed by atoms with Crippen LogP contribution < -0.4 is 5.32 Å². The summed E-state index contributed by atoms with van der Waals surface area (Å²) in [7, 11) is -3.47. The number of hydrogen-bond donors (Lipinski definition) is 1. The first-order chi connectivity index (χ1) is 10.6. The maximum absolute atomic E-state index is 12.5. The lowest BCUT2D eigenvalue weighted by molar-refractivity contribution is -0.124. The van der Waals surface area contributed by atoms with Crippen LogP contribution in [0, 0.1) is 0 Å². The lowest BCUT2D eigenvalue weighted by Crippen LogP contribution is -2.28. The first-order valence-electron chi connectivity index (χ1n) is 7.60. The van der Waals surface area contributed by atoms with E-state index in [4.69, 9.17) is 4.74 Å². The van der Waals surface area contributed by atoms with E-state index in [0.717, 1.165) is 19.3 Å². The van der Waals surface area contributed by atoms with Gasteiger partial charge in [-0.3, -0.25) is 4.79 Å². The average Bonchev–Trinajstić information content (AvgIpc) is 3.21. The second-order valence-corrected chi connectivity index (χ2v) is 7.57. The number of carbonyl (C=O) groups is 1. The van der Waals surface area contributed by atoms with Gasteiger partial charge in [0.05, 0.1) is 4.90 Å². The Balaban J connectivity index is 1.76. The summed E-state index contributed by atoms with van der Waals surface area (Å²) in [6.07, 6.45) is 2.95. The number of nitrogens with one attached hydrogen (secondary N) is 1. The van der Waals surface area contributed by atoms with Crippen LogP contribution in [0.1, 0.15) is 25.7 Å². The van der Waals surface area contributed by atoms with Crippen LogP contribution in [-0.2, 0) is 19.6 Å². The Hall–Kier alpha value is -1.44. The van der Waals surface area contributed by atoms with Crippen LogP contribution in [0.4, 0.5) is 5.69 Å². The third kappa shape index (κ3) is 3.16. The van der Waals surface area contributed by atoms with E-state index in [1.54, 1.807) is 18.2 Å². The standard InChI is InChI=1S/C15H20N2O4S/c18-15(14-7-4-10-21-14)16-12-5-3-6-13(11-12)22(19,20)17-8-1-2-9-17/h3,5-6,11,14H,1-2,4,7-10H2,(H,16,18). The Bertz CT molecular complexity index is 647. The minimum absolute atomic E-state index is 0.215. The van der Waals surface area contributed by atoms with E-state index in [-0.39, 0.29) is 10.8 Å². The number of carbonyl (C=O) groups excluding carboxylic acids is 1. The van der Waals surface area contributed by atoms with Gasteiger partial charge in [0.2, 0.25) is 10.0 Å². The quantitative estimate of drug-likeness (QED) is 0.912. The van der Waals surface area contributed by atoms with E-state index in [1.807, 2.05) is 0 Å².